The summed E-state index contributed by atoms with van der Waals surface area (Å²) in [5.41, 5.74) is 3.09. The molecule has 0 saturated carbocycles. The predicted molar refractivity (Wildman–Crippen MR) is 78.5 cm³/mol. The van der Waals surface area contributed by atoms with E-state index in [0.29, 0.717) is 11.1 Å². The van der Waals surface area contributed by atoms with Gasteiger partial charge in [-0.2, -0.15) is 0 Å². The molecule has 0 aliphatic heterocycles. The van der Waals surface area contributed by atoms with Crippen molar-refractivity contribution in [3.05, 3.63) is 77.4 Å². The lowest BCUT2D eigenvalue weighted by atomic mass is 10.0. The van der Waals surface area contributed by atoms with E-state index in [1.807, 2.05) is 36.4 Å². The fourth-order valence-electron chi connectivity index (χ4n) is 2.51. The van der Waals surface area contributed by atoms with Crippen LogP contribution in [0, 0.1) is 0 Å². The minimum Gasteiger partial charge on any atom is -0.285 e. The second-order valence-corrected chi connectivity index (χ2v) is 4.85. The molecular formula is C18H14O2. The summed E-state index contributed by atoms with van der Waals surface area (Å²) in [6.45, 7) is 0. The summed E-state index contributed by atoms with van der Waals surface area (Å²) in [5, 5.41) is 0. The summed E-state index contributed by atoms with van der Waals surface area (Å²) < 4.78 is 0. The lowest BCUT2D eigenvalue weighted by molar-refractivity contribution is -0.109. The Morgan fingerprint density at radius 2 is 1.40 bits per heavy atom. The van der Waals surface area contributed by atoms with Crippen molar-refractivity contribution in [1.29, 1.82) is 0 Å². The fourth-order valence-corrected chi connectivity index (χ4v) is 2.51. The molecule has 0 amide bonds. The number of ketones is 2. The zero-order valence-electron chi connectivity index (χ0n) is 11.0. The number of carbonyl (C=O) groups excluding carboxylic acids is 2. The van der Waals surface area contributed by atoms with Crippen molar-refractivity contribution in [2.24, 2.45) is 0 Å². The Kier molecular flexibility index (Phi) is 3.30. The van der Waals surface area contributed by atoms with Crippen molar-refractivity contribution < 1.29 is 9.59 Å². The molecule has 0 aromatic heterocycles. The van der Waals surface area contributed by atoms with E-state index in [-0.39, 0.29) is 11.6 Å². The smallest absolute Gasteiger partial charge is 0.234 e. The molecule has 0 N–H and O–H groups in total. The van der Waals surface area contributed by atoms with E-state index in [1.54, 1.807) is 12.1 Å². The second-order valence-electron chi connectivity index (χ2n) is 4.85. The minimum atomic E-state index is -0.383. The molecule has 1 aliphatic carbocycles. The van der Waals surface area contributed by atoms with Crippen LogP contribution >= 0.6 is 0 Å². The summed E-state index contributed by atoms with van der Waals surface area (Å²) in [4.78, 5) is 23.8. The number of aryl methyl sites for hydroxylation is 1. The van der Waals surface area contributed by atoms with Gasteiger partial charge < -0.3 is 0 Å². The molecule has 0 spiro atoms. The first-order valence-corrected chi connectivity index (χ1v) is 6.70. The van der Waals surface area contributed by atoms with E-state index < -0.39 is 0 Å². The van der Waals surface area contributed by atoms with Gasteiger partial charge in [0.25, 0.3) is 0 Å². The Bertz CT molecular complexity index is 696. The van der Waals surface area contributed by atoms with Crippen molar-refractivity contribution in [3.63, 3.8) is 0 Å². The largest absolute Gasteiger partial charge is 0.285 e. The van der Waals surface area contributed by atoms with Crippen LogP contribution in [0.15, 0.2) is 60.7 Å². The van der Waals surface area contributed by atoms with Crippen LogP contribution in [0.4, 0.5) is 0 Å². The maximum absolute atomic E-state index is 12.0. The molecule has 1 aliphatic rings. The summed E-state index contributed by atoms with van der Waals surface area (Å²) in [7, 11) is 0. The standard InChI is InChI=1S/C18H14O2/c19-17-15-11-5-4-10-14(15)16(18(17)20)12-6-9-13-7-2-1-3-8-13/h1-5,7-8,10-12H,6,9H2/b16-12+. The summed E-state index contributed by atoms with van der Waals surface area (Å²) >= 11 is 0. The number of hydrogen-bond acceptors (Lipinski definition) is 2. The maximum atomic E-state index is 12.0. The van der Waals surface area contributed by atoms with Crippen LogP contribution in [0.1, 0.15) is 27.9 Å². The molecule has 2 nitrogen and oxygen atoms in total. The number of Topliss-reactive ketones (excluding diaryl/α,β-unsaturated/α-hetero) is 2. The molecule has 0 unspecified atom stereocenters. The van der Waals surface area contributed by atoms with Crippen LogP contribution in [0.3, 0.4) is 0 Å². The van der Waals surface area contributed by atoms with E-state index in [4.69, 9.17) is 0 Å². The van der Waals surface area contributed by atoms with E-state index in [2.05, 4.69) is 12.1 Å². The minimum absolute atomic E-state index is 0.376. The molecular weight excluding hydrogens is 248 g/mol. The van der Waals surface area contributed by atoms with Crippen molar-refractivity contribution in [1.82, 2.24) is 0 Å². The number of rotatable bonds is 3. The number of benzene rings is 2. The highest BCUT2D eigenvalue weighted by Crippen LogP contribution is 2.29. The molecule has 2 aromatic rings. The lowest BCUT2D eigenvalue weighted by Crippen LogP contribution is -2.05. The van der Waals surface area contributed by atoms with Gasteiger partial charge in [-0.3, -0.25) is 9.59 Å². The van der Waals surface area contributed by atoms with Crippen LogP contribution in [0.25, 0.3) is 5.57 Å². The van der Waals surface area contributed by atoms with Gasteiger partial charge in [0.15, 0.2) is 0 Å². The number of fused-ring (bicyclic) bond motifs is 1. The van der Waals surface area contributed by atoms with Gasteiger partial charge in [0.1, 0.15) is 0 Å². The highest BCUT2D eigenvalue weighted by Gasteiger charge is 2.32. The maximum Gasteiger partial charge on any atom is 0.234 e. The van der Waals surface area contributed by atoms with E-state index in [0.717, 1.165) is 18.4 Å². The Hall–Kier alpha value is -2.48. The van der Waals surface area contributed by atoms with E-state index >= 15 is 0 Å². The first-order chi connectivity index (χ1) is 9.77. The highest BCUT2D eigenvalue weighted by molar-refractivity contribution is 6.63. The van der Waals surface area contributed by atoms with Crippen LogP contribution in [0.2, 0.25) is 0 Å². The van der Waals surface area contributed by atoms with Crippen molar-refractivity contribution in [2.45, 2.75) is 12.8 Å². The van der Waals surface area contributed by atoms with Gasteiger partial charge in [0, 0.05) is 11.1 Å². The number of carbonyl (C=O) groups is 2. The topological polar surface area (TPSA) is 34.1 Å². The predicted octanol–water partition coefficient (Wildman–Crippen LogP) is 3.47. The van der Waals surface area contributed by atoms with Gasteiger partial charge in [-0.05, 0) is 24.0 Å². The molecule has 20 heavy (non-hydrogen) atoms. The summed E-state index contributed by atoms with van der Waals surface area (Å²) in [6, 6.07) is 17.3. The first-order valence-electron chi connectivity index (χ1n) is 6.70. The SMILES string of the molecule is O=C1C(=O)c2ccccc2/C1=C\CCc1ccccc1. The van der Waals surface area contributed by atoms with Crippen molar-refractivity contribution >= 4 is 17.1 Å². The molecule has 0 fully saturated rings. The van der Waals surface area contributed by atoms with Gasteiger partial charge >= 0.3 is 0 Å². The second kappa shape index (κ2) is 5.25. The van der Waals surface area contributed by atoms with Gasteiger partial charge in [0.2, 0.25) is 11.6 Å². The molecule has 3 rings (SSSR count). The molecule has 0 bridgehead atoms. The molecule has 0 heterocycles. The summed E-state index contributed by atoms with van der Waals surface area (Å²) in [5.74, 6) is -0.758. The highest BCUT2D eigenvalue weighted by atomic mass is 16.2. The number of allylic oxidation sites excluding steroid dienone is 2. The Morgan fingerprint density at radius 1 is 0.750 bits per heavy atom. The third kappa shape index (κ3) is 2.21. The zero-order chi connectivity index (χ0) is 13.9. The van der Waals surface area contributed by atoms with E-state index in [1.165, 1.54) is 5.56 Å². The third-order valence-electron chi connectivity index (χ3n) is 3.54. The van der Waals surface area contributed by atoms with Gasteiger partial charge in [-0.15, -0.1) is 0 Å². The Labute approximate surface area is 117 Å². The monoisotopic (exact) mass is 262 g/mol. The third-order valence-corrected chi connectivity index (χ3v) is 3.54. The van der Waals surface area contributed by atoms with Crippen LogP contribution in [0.5, 0.6) is 0 Å². The summed E-state index contributed by atoms with van der Waals surface area (Å²) in [6.07, 6.45) is 3.51. The van der Waals surface area contributed by atoms with Gasteiger partial charge in [-0.1, -0.05) is 60.7 Å². The van der Waals surface area contributed by atoms with Crippen LogP contribution in [-0.4, -0.2) is 11.6 Å². The molecule has 0 radical (unpaired) electrons. The Balaban J connectivity index is 1.82. The van der Waals surface area contributed by atoms with Gasteiger partial charge in [-0.25, -0.2) is 0 Å². The first kappa shape index (κ1) is 12.5. The normalized spacial score (nSPS) is 15.7. The van der Waals surface area contributed by atoms with Gasteiger partial charge in [0.05, 0.1) is 0 Å². The lowest BCUT2D eigenvalue weighted by Gasteiger charge is -2.00. The fraction of sp³-hybridized carbons (Fsp3) is 0.111. The molecule has 0 atom stereocenters. The van der Waals surface area contributed by atoms with Crippen LogP contribution in [-0.2, 0) is 11.2 Å². The molecule has 98 valence electrons. The zero-order valence-corrected chi connectivity index (χ0v) is 11.0. The molecule has 2 aromatic carbocycles. The van der Waals surface area contributed by atoms with E-state index in [9.17, 15) is 9.59 Å². The van der Waals surface area contributed by atoms with Crippen molar-refractivity contribution in [2.75, 3.05) is 0 Å². The average Bonchev–Trinajstić information content (AvgIpc) is 2.74. The number of hydrogen-bond donors (Lipinski definition) is 0. The van der Waals surface area contributed by atoms with Crippen LogP contribution < -0.4 is 0 Å². The quantitative estimate of drug-likeness (QED) is 0.627. The van der Waals surface area contributed by atoms with Crippen molar-refractivity contribution in [3.8, 4) is 0 Å². The molecule has 2 heteroatoms. The average molecular weight is 262 g/mol. The molecule has 0 saturated heterocycles. The Morgan fingerprint density at radius 3 is 2.15 bits per heavy atom.